The molecule has 1 heterocycles. The van der Waals surface area contributed by atoms with Crippen LogP contribution in [0.2, 0.25) is 0 Å². The third-order valence-corrected chi connectivity index (χ3v) is 3.47. The van der Waals surface area contributed by atoms with Crippen molar-refractivity contribution in [2.75, 3.05) is 11.9 Å². The third-order valence-electron chi connectivity index (χ3n) is 3.47. The van der Waals surface area contributed by atoms with E-state index >= 15 is 0 Å². The number of halogens is 3. The Morgan fingerprint density at radius 2 is 2.24 bits per heavy atom. The summed E-state index contributed by atoms with van der Waals surface area (Å²) in [6, 6.07) is 3.02. The summed E-state index contributed by atoms with van der Waals surface area (Å²) in [5.41, 5.74) is 0.207. The molecule has 7 heteroatoms. The number of anilines is 1. The highest BCUT2D eigenvalue weighted by Crippen LogP contribution is 2.23. The maximum atomic E-state index is 13.6. The molecule has 0 aromatic heterocycles. The van der Waals surface area contributed by atoms with E-state index in [9.17, 15) is 18.0 Å². The number of hydrogen-bond acceptors (Lipinski definition) is 3. The molecule has 0 bridgehead atoms. The number of piperidine rings is 1. The van der Waals surface area contributed by atoms with Crippen LogP contribution in [0.15, 0.2) is 18.2 Å². The van der Waals surface area contributed by atoms with Crippen LogP contribution in [0.1, 0.15) is 19.8 Å². The molecular weight excluding hydrogens is 285 g/mol. The molecule has 1 aliphatic rings. The summed E-state index contributed by atoms with van der Waals surface area (Å²) in [4.78, 5) is 12.1. The summed E-state index contributed by atoms with van der Waals surface area (Å²) in [6.45, 7) is -0.360. The van der Waals surface area contributed by atoms with Crippen molar-refractivity contribution in [3.8, 4) is 5.75 Å². The predicted octanol–water partition coefficient (Wildman–Crippen LogP) is 2.75. The molecule has 2 unspecified atom stereocenters. The number of carbonyl (C=O) groups is 1. The highest BCUT2D eigenvalue weighted by Gasteiger charge is 2.27. The van der Waals surface area contributed by atoms with E-state index in [0.29, 0.717) is 0 Å². The normalized spacial score (nSPS) is 22.1. The SMILES string of the molecule is CC1CCCNC1C(=O)Nc1ccc(OC(F)F)c(F)c1. The Hall–Kier alpha value is -1.76. The number of carbonyl (C=O) groups excluding carboxylic acids is 1. The van der Waals surface area contributed by atoms with Gasteiger partial charge in [-0.05, 0) is 37.4 Å². The number of ether oxygens (including phenoxy) is 1. The molecule has 0 aliphatic carbocycles. The Morgan fingerprint density at radius 1 is 1.48 bits per heavy atom. The lowest BCUT2D eigenvalue weighted by atomic mass is 9.92. The summed E-state index contributed by atoms with van der Waals surface area (Å²) in [7, 11) is 0. The average Bonchev–Trinajstić information content (AvgIpc) is 2.42. The molecule has 21 heavy (non-hydrogen) atoms. The van der Waals surface area contributed by atoms with E-state index in [-0.39, 0.29) is 23.6 Å². The summed E-state index contributed by atoms with van der Waals surface area (Å²) < 4.78 is 41.6. The fourth-order valence-corrected chi connectivity index (χ4v) is 2.39. The van der Waals surface area contributed by atoms with Gasteiger partial charge in [0.2, 0.25) is 5.91 Å². The zero-order valence-electron chi connectivity index (χ0n) is 11.5. The number of hydrogen-bond donors (Lipinski definition) is 2. The minimum atomic E-state index is -3.09. The van der Waals surface area contributed by atoms with Crippen molar-refractivity contribution < 1.29 is 22.7 Å². The van der Waals surface area contributed by atoms with Crippen LogP contribution in [-0.4, -0.2) is 25.1 Å². The molecule has 0 spiro atoms. The Bertz CT molecular complexity index is 511. The molecule has 1 saturated heterocycles. The first-order valence-corrected chi connectivity index (χ1v) is 6.76. The van der Waals surface area contributed by atoms with Gasteiger partial charge in [-0.15, -0.1) is 0 Å². The minimum Gasteiger partial charge on any atom is -0.432 e. The van der Waals surface area contributed by atoms with E-state index in [2.05, 4.69) is 15.4 Å². The van der Waals surface area contributed by atoms with E-state index < -0.39 is 18.2 Å². The van der Waals surface area contributed by atoms with Gasteiger partial charge in [0.15, 0.2) is 11.6 Å². The van der Waals surface area contributed by atoms with Crippen LogP contribution < -0.4 is 15.4 Å². The maximum absolute atomic E-state index is 13.6. The minimum absolute atomic E-state index is 0.185. The largest absolute Gasteiger partial charge is 0.432 e. The molecule has 1 aliphatic heterocycles. The second-order valence-electron chi connectivity index (χ2n) is 5.06. The zero-order chi connectivity index (χ0) is 15.4. The molecule has 4 nitrogen and oxygen atoms in total. The monoisotopic (exact) mass is 302 g/mol. The molecule has 2 N–H and O–H groups in total. The second kappa shape index (κ2) is 6.80. The smallest absolute Gasteiger partial charge is 0.387 e. The van der Waals surface area contributed by atoms with E-state index in [1.54, 1.807) is 0 Å². The van der Waals surface area contributed by atoms with Gasteiger partial charge >= 0.3 is 6.61 Å². The standard InChI is InChI=1S/C14H17F3N2O2/c1-8-3-2-6-18-12(8)13(20)19-9-4-5-11(10(15)7-9)21-14(16)17/h4-5,7-8,12,14,18H,2-3,6H2,1H3,(H,19,20). The zero-order valence-corrected chi connectivity index (χ0v) is 11.5. The summed E-state index contributed by atoms with van der Waals surface area (Å²) in [5, 5.41) is 5.69. The number of benzene rings is 1. The molecule has 0 saturated carbocycles. The summed E-state index contributed by atoms with van der Waals surface area (Å²) >= 11 is 0. The first kappa shape index (κ1) is 15.6. The number of rotatable bonds is 4. The Morgan fingerprint density at radius 3 is 2.86 bits per heavy atom. The number of nitrogens with one attached hydrogen (secondary N) is 2. The van der Waals surface area contributed by atoms with E-state index in [0.717, 1.165) is 31.5 Å². The molecular formula is C14H17F3N2O2. The average molecular weight is 302 g/mol. The fourth-order valence-electron chi connectivity index (χ4n) is 2.39. The van der Waals surface area contributed by atoms with Gasteiger partial charge in [-0.3, -0.25) is 4.79 Å². The van der Waals surface area contributed by atoms with Gasteiger partial charge in [-0.1, -0.05) is 6.92 Å². The first-order valence-electron chi connectivity index (χ1n) is 6.76. The molecule has 1 fully saturated rings. The lowest BCUT2D eigenvalue weighted by Gasteiger charge is -2.28. The first-order chi connectivity index (χ1) is 9.97. The van der Waals surface area contributed by atoms with Crippen molar-refractivity contribution in [3.63, 3.8) is 0 Å². The Labute approximate surface area is 120 Å². The molecule has 116 valence electrons. The van der Waals surface area contributed by atoms with Crippen LogP contribution in [-0.2, 0) is 4.79 Å². The van der Waals surface area contributed by atoms with Crippen molar-refractivity contribution in [3.05, 3.63) is 24.0 Å². The molecule has 1 amide bonds. The van der Waals surface area contributed by atoms with Crippen LogP contribution in [0.25, 0.3) is 0 Å². The van der Waals surface area contributed by atoms with Gasteiger partial charge in [0.05, 0.1) is 6.04 Å². The lowest BCUT2D eigenvalue weighted by Crippen LogP contribution is -2.48. The highest BCUT2D eigenvalue weighted by atomic mass is 19.3. The van der Waals surface area contributed by atoms with Crippen LogP contribution in [0.5, 0.6) is 5.75 Å². The summed E-state index contributed by atoms with van der Waals surface area (Å²) in [5.74, 6) is -1.57. The number of alkyl halides is 2. The molecule has 0 radical (unpaired) electrons. The fraction of sp³-hybridized carbons (Fsp3) is 0.500. The molecule has 2 rings (SSSR count). The van der Waals surface area contributed by atoms with E-state index in [4.69, 9.17) is 0 Å². The molecule has 2 atom stereocenters. The maximum Gasteiger partial charge on any atom is 0.387 e. The lowest BCUT2D eigenvalue weighted by molar-refractivity contribution is -0.119. The quantitative estimate of drug-likeness (QED) is 0.899. The van der Waals surface area contributed by atoms with Gasteiger partial charge < -0.3 is 15.4 Å². The van der Waals surface area contributed by atoms with Crippen molar-refractivity contribution in [1.82, 2.24) is 5.32 Å². The predicted molar refractivity (Wildman–Crippen MR) is 71.9 cm³/mol. The van der Waals surface area contributed by atoms with E-state index in [1.807, 2.05) is 6.92 Å². The second-order valence-corrected chi connectivity index (χ2v) is 5.06. The van der Waals surface area contributed by atoms with Crippen LogP contribution in [0, 0.1) is 11.7 Å². The van der Waals surface area contributed by atoms with Crippen LogP contribution in [0.3, 0.4) is 0 Å². The molecule has 1 aromatic carbocycles. The Kier molecular flexibility index (Phi) is 5.06. The topological polar surface area (TPSA) is 50.4 Å². The third kappa shape index (κ3) is 4.10. The van der Waals surface area contributed by atoms with E-state index in [1.165, 1.54) is 6.07 Å². The Balaban J connectivity index is 2.02. The van der Waals surface area contributed by atoms with Crippen molar-refractivity contribution in [2.24, 2.45) is 5.92 Å². The molecule has 1 aromatic rings. The van der Waals surface area contributed by atoms with Gasteiger partial charge in [0, 0.05) is 11.8 Å². The number of amides is 1. The van der Waals surface area contributed by atoms with Crippen molar-refractivity contribution in [2.45, 2.75) is 32.4 Å². The van der Waals surface area contributed by atoms with Crippen molar-refractivity contribution >= 4 is 11.6 Å². The van der Waals surface area contributed by atoms with Crippen molar-refractivity contribution in [1.29, 1.82) is 0 Å². The van der Waals surface area contributed by atoms with Crippen LogP contribution in [0.4, 0.5) is 18.9 Å². The van der Waals surface area contributed by atoms with Gasteiger partial charge in [-0.2, -0.15) is 8.78 Å². The van der Waals surface area contributed by atoms with Gasteiger partial charge in [0.1, 0.15) is 0 Å². The highest BCUT2D eigenvalue weighted by molar-refractivity contribution is 5.95. The van der Waals surface area contributed by atoms with Crippen LogP contribution >= 0.6 is 0 Å². The summed E-state index contributed by atoms with van der Waals surface area (Å²) in [6.07, 6.45) is 1.96. The van der Waals surface area contributed by atoms with Gasteiger partial charge in [0.25, 0.3) is 0 Å². The van der Waals surface area contributed by atoms with Gasteiger partial charge in [-0.25, -0.2) is 4.39 Å².